The molecule has 2 heteroatoms. The molecule has 2 aromatic carbocycles. The Labute approximate surface area is 171 Å². The van der Waals surface area contributed by atoms with Crippen LogP contribution in [0.15, 0.2) is 42.5 Å². The van der Waals surface area contributed by atoms with Crippen molar-refractivity contribution in [2.45, 2.75) is 89.6 Å². The summed E-state index contributed by atoms with van der Waals surface area (Å²) in [5, 5.41) is 0. The second kappa shape index (κ2) is 9.03. The third-order valence-electron chi connectivity index (χ3n) is 7.03. The van der Waals surface area contributed by atoms with E-state index >= 15 is 0 Å². The lowest BCUT2D eigenvalue weighted by Gasteiger charge is -2.44. The first kappa shape index (κ1) is 19.4. The second-order valence-corrected chi connectivity index (χ2v) is 8.94. The lowest BCUT2D eigenvalue weighted by atomic mass is 9.87. The molecule has 0 saturated heterocycles. The van der Waals surface area contributed by atoms with Crippen molar-refractivity contribution < 1.29 is 0 Å². The summed E-state index contributed by atoms with van der Waals surface area (Å²) in [6.45, 7) is 2.25. The van der Waals surface area contributed by atoms with Gasteiger partial charge in [-0.3, -0.25) is 0 Å². The summed E-state index contributed by atoms with van der Waals surface area (Å²) in [4.78, 5) is 2.82. The van der Waals surface area contributed by atoms with Gasteiger partial charge in [0.05, 0.1) is 0 Å². The van der Waals surface area contributed by atoms with Crippen LogP contribution in [0.25, 0.3) is 0 Å². The van der Waals surface area contributed by atoms with Gasteiger partial charge in [-0.05, 0) is 61.8 Å². The van der Waals surface area contributed by atoms with Crippen LogP contribution >= 0.6 is 0 Å². The molecule has 0 heterocycles. The zero-order valence-electron chi connectivity index (χ0n) is 17.5. The van der Waals surface area contributed by atoms with Crippen LogP contribution in [0.2, 0.25) is 0 Å². The van der Waals surface area contributed by atoms with Crippen molar-refractivity contribution in [1.29, 1.82) is 0 Å². The topological polar surface area (TPSA) is 29.3 Å². The molecule has 0 bridgehead atoms. The standard InChI is InChI=1S/C26H36N2/c1-20-25(18-17-22(26(20)27)19-21-11-5-2-6-12-21)28(23-13-7-3-8-14-23)24-15-9-4-10-16-24/h2,5-6,11-12,17-18,23-24H,3-4,7-10,13-16,19,27H2,1H3. The molecule has 2 aliphatic rings. The summed E-state index contributed by atoms with van der Waals surface area (Å²) in [7, 11) is 0. The van der Waals surface area contributed by atoms with Crippen LogP contribution in [0.1, 0.15) is 80.9 Å². The molecule has 0 aliphatic heterocycles. The quantitative estimate of drug-likeness (QED) is 0.593. The van der Waals surface area contributed by atoms with E-state index in [1.54, 1.807) is 0 Å². The van der Waals surface area contributed by atoms with Gasteiger partial charge in [0.15, 0.2) is 0 Å². The maximum atomic E-state index is 6.70. The number of nitrogen functional groups attached to an aromatic ring is 1. The Bertz CT molecular complexity index is 738. The fraction of sp³-hybridized carbons (Fsp3) is 0.538. The van der Waals surface area contributed by atoms with Gasteiger partial charge in [0, 0.05) is 23.5 Å². The zero-order chi connectivity index (χ0) is 19.3. The largest absolute Gasteiger partial charge is 0.398 e. The molecule has 2 fully saturated rings. The molecule has 2 N–H and O–H groups in total. The van der Waals surface area contributed by atoms with E-state index in [2.05, 4.69) is 54.3 Å². The van der Waals surface area contributed by atoms with E-state index in [0.717, 1.165) is 12.1 Å². The van der Waals surface area contributed by atoms with Gasteiger partial charge >= 0.3 is 0 Å². The molecule has 2 aromatic rings. The highest BCUT2D eigenvalue weighted by atomic mass is 15.2. The molecule has 0 amide bonds. The van der Waals surface area contributed by atoms with E-state index in [9.17, 15) is 0 Å². The van der Waals surface area contributed by atoms with Gasteiger partial charge in [0.25, 0.3) is 0 Å². The number of hydrogen-bond donors (Lipinski definition) is 1. The Morgan fingerprint density at radius 1 is 0.786 bits per heavy atom. The number of benzene rings is 2. The summed E-state index contributed by atoms with van der Waals surface area (Å²) in [6, 6.07) is 16.8. The lowest BCUT2D eigenvalue weighted by Crippen LogP contribution is -2.45. The van der Waals surface area contributed by atoms with Crippen LogP contribution in [-0.2, 0) is 6.42 Å². The van der Waals surface area contributed by atoms with Gasteiger partial charge < -0.3 is 10.6 Å². The van der Waals surface area contributed by atoms with Gasteiger partial charge in [0.1, 0.15) is 0 Å². The number of rotatable bonds is 5. The van der Waals surface area contributed by atoms with Gasteiger partial charge in [-0.2, -0.15) is 0 Å². The molecule has 0 spiro atoms. The molecular weight excluding hydrogens is 340 g/mol. The Morgan fingerprint density at radius 3 is 1.93 bits per heavy atom. The maximum absolute atomic E-state index is 6.70. The molecule has 2 aliphatic carbocycles. The number of anilines is 2. The third kappa shape index (κ3) is 4.21. The van der Waals surface area contributed by atoms with E-state index in [4.69, 9.17) is 5.73 Å². The minimum atomic E-state index is 0.704. The fourth-order valence-electron chi connectivity index (χ4n) is 5.43. The summed E-state index contributed by atoms with van der Waals surface area (Å²) in [5.74, 6) is 0. The number of nitrogens with zero attached hydrogens (tertiary/aromatic N) is 1. The van der Waals surface area contributed by atoms with Crippen molar-refractivity contribution in [1.82, 2.24) is 0 Å². The van der Waals surface area contributed by atoms with E-state index in [1.807, 2.05) is 0 Å². The average molecular weight is 377 g/mol. The Kier molecular flexibility index (Phi) is 6.24. The number of nitrogens with two attached hydrogens (primary N) is 1. The van der Waals surface area contributed by atoms with Crippen molar-refractivity contribution in [3.63, 3.8) is 0 Å². The summed E-state index contributed by atoms with van der Waals surface area (Å²) >= 11 is 0. The highest BCUT2D eigenvalue weighted by Gasteiger charge is 2.30. The molecule has 0 atom stereocenters. The summed E-state index contributed by atoms with van der Waals surface area (Å²) in [6.07, 6.45) is 14.7. The van der Waals surface area contributed by atoms with Gasteiger partial charge in [0.2, 0.25) is 0 Å². The fourth-order valence-corrected chi connectivity index (χ4v) is 5.43. The summed E-state index contributed by atoms with van der Waals surface area (Å²) in [5.41, 5.74) is 13.0. The monoisotopic (exact) mass is 376 g/mol. The molecule has 2 nitrogen and oxygen atoms in total. The molecule has 2 saturated carbocycles. The van der Waals surface area contributed by atoms with E-state index in [0.29, 0.717) is 12.1 Å². The van der Waals surface area contributed by atoms with Crippen LogP contribution < -0.4 is 10.6 Å². The molecule has 0 unspecified atom stereocenters. The zero-order valence-corrected chi connectivity index (χ0v) is 17.5. The molecule has 0 aromatic heterocycles. The first-order valence-electron chi connectivity index (χ1n) is 11.4. The molecule has 150 valence electrons. The molecule has 28 heavy (non-hydrogen) atoms. The molecule has 0 radical (unpaired) electrons. The minimum Gasteiger partial charge on any atom is -0.398 e. The van der Waals surface area contributed by atoms with Crippen LogP contribution in [0.4, 0.5) is 11.4 Å². The van der Waals surface area contributed by atoms with Crippen molar-refractivity contribution in [3.05, 3.63) is 59.2 Å². The second-order valence-electron chi connectivity index (χ2n) is 8.94. The minimum absolute atomic E-state index is 0.704. The molecule has 4 rings (SSSR count). The van der Waals surface area contributed by atoms with Crippen molar-refractivity contribution in [2.24, 2.45) is 0 Å². The number of hydrogen-bond acceptors (Lipinski definition) is 2. The van der Waals surface area contributed by atoms with E-state index < -0.39 is 0 Å². The smallest absolute Gasteiger partial charge is 0.0421 e. The predicted molar refractivity (Wildman–Crippen MR) is 121 cm³/mol. The molecular formula is C26H36N2. The van der Waals surface area contributed by atoms with Crippen LogP contribution in [0.5, 0.6) is 0 Å². The van der Waals surface area contributed by atoms with Crippen LogP contribution in [-0.4, -0.2) is 12.1 Å². The highest BCUT2D eigenvalue weighted by molar-refractivity contribution is 5.69. The van der Waals surface area contributed by atoms with Crippen molar-refractivity contribution in [3.8, 4) is 0 Å². The Balaban J connectivity index is 1.64. The van der Waals surface area contributed by atoms with Crippen LogP contribution in [0.3, 0.4) is 0 Å². The predicted octanol–water partition coefficient (Wildman–Crippen LogP) is 6.64. The average Bonchev–Trinajstić information content (AvgIpc) is 2.76. The van der Waals surface area contributed by atoms with Crippen molar-refractivity contribution >= 4 is 11.4 Å². The van der Waals surface area contributed by atoms with Gasteiger partial charge in [-0.15, -0.1) is 0 Å². The Hall–Kier alpha value is -1.96. The summed E-state index contributed by atoms with van der Waals surface area (Å²) < 4.78 is 0. The maximum Gasteiger partial charge on any atom is 0.0421 e. The van der Waals surface area contributed by atoms with E-state index in [1.165, 1.54) is 86.6 Å². The van der Waals surface area contributed by atoms with Crippen LogP contribution in [0, 0.1) is 6.92 Å². The Morgan fingerprint density at radius 2 is 1.36 bits per heavy atom. The first-order valence-corrected chi connectivity index (χ1v) is 11.4. The first-order chi connectivity index (χ1) is 13.7. The van der Waals surface area contributed by atoms with Gasteiger partial charge in [-0.1, -0.05) is 74.9 Å². The van der Waals surface area contributed by atoms with E-state index in [-0.39, 0.29) is 0 Å². The lowest BCUT2D eigenvalue weighted by molar-refractivity contribution is 0.339. The van der Waals surface area contributed by atoms with Gasteiger partial charge in [-0.25, -0.2) is 0 Å². The SMILES string of the molecule is Cc1c(N(C2CCCCC2)C2CCCCC2)ccc(Cc2ccccc2)c1N. The normalized spacial score (nSPS) is 18.9. The third-order valence-corrected chi connectivity index (χ3v) is 7.03. The van der Waals surface area contributed by atoms with Crippen molar-refractivity contribution in [2.75, 3.05) is 10.6 Å². The highest BCUT2D eigenvalue weighted by Crippen LogP contribution is 2.38.